The van der Waals surface area contributed by atoms with Crippen molar-refractivity contribution in [3.05, 3.63) is 23.7 Å². The molecular weight excluding hydrogens is 611 g/mol. The van der Waals surface area contributed by atoms with E-state index in [4.69, 9.17) is 9.31 Å². The van der Waals surface area contributed by atoms with E-state index < -0.39 is 11.2 Å². The monoisotopic (exact) mass is 674 g/mol. The first-order valence-corrected chi connectivity index (χ1v) is 20.2. The maximum absolute atomic E-state index is 13.3. The highest BCUT2D eigenvalue weighted by Gasteiger charge is 2.65. The van der Waals surface area contributed by atoms with Gasteiger partial charge in [-0.05, 0) is 173 Å². The molecule has 6 nitrogen and oxygen atoms in total. The number of ketones is 2. The van der Waals surface area contributed by atoms with Gasteiger partial charge in [-0.1, -0.05) is 27.7 Å². The molecule has 0 aliphatic heterocycles. The Bertz CT molecular complexity index is 1340. The average molecular weight is 675 g/mol. The summed E-state index contributed by atoms with van der Waals surface area (Å²) in [6.45, 7) is 13.7. The highest BCUT2D eigenvalue weighted by molar-refractivity contribution is 6.19. The van der Waals surface area contributed by atoms with Crippen LogP contribution in [0.2, 0.25) is 0 Å². The standard InChI is InChI=1S/C42H63BO6/c1-37-21-25(35(44)19-27(37)7-9-29-31(37)11-15-39(3)33(29)13-17-41(39,5)46)23-48-43-49-24-26-22-38(2)28(20-36(26)45)8-10-30-32(38)12-16-40(4)34(30)14-18-42(40,6)47/h23-24,27-34,43,46-47H,7-22H2,1-6H3/b25-23-,26-24-. The molecule has 0 aromatic heterocycles. The number of carbonyl (C=O) groups is 2. The second-order valence-electron chi connectivity index (χ2n) is 20.2. The van der Waals surface area contributed by atoms with Gasteiger partial charge >= 0.3 is 7.69 Å². The normalized spacial score (nSPS) is 55.1. The zero-order valence-corrected chi connectivity index (χ0v) is 31.3. The van der Waals surface area contributed by atoms with Crippen LogP contribution in [0.15, 0.2) is 23.7 Å². The number of carbonyl (C=O) groups excluding carboxylic acids is 2. The van der Waals surface area contributed by atoms with E-state index in [9.17, 15) is 19.8 Å². The van der Waals surface area contributed by atoms with Crippen molar-refractivity contribution in [1.29, 1.82) is 0 Å². The quantitative estimate of drug-likeness (QED) is 0.136. The Hall–Kier alpha value is -1.60. The molecule has 0 heterocycles. The van der Waals surface area contributed by atoms with Gasteiger partial charge in [0.05, 0.1) is 23.7 Å². The number of hydrogen-bond donors (Lipinski definition) is 2. The Balaban J connectivity index is 0.912. The first kappa shape index (κ1) is 34.5. The lowest BCUT2D eigenvalue weighted by atomic mass is 9.44. The number of aliphatic hydroxyl groups is 2. The molecule has 270 valence electrons. The largest absolute Gasteiger partial charge is 0.575 e. The van der Waals surface area contributed by atoms with Crippen molar-refractivity contribution in [3.63, 3.8) is 0 Å². The molecule has 7 heteroatoms. The first-order valence-electron chi connectivity index (χ1n) is 20.2. The summed E-state index contributed by atoms with van der Waals surface area (Å²) >= 11 is 0. The lowest BCUT2D eigenvalue weighted by Crippen LogP contribution is -2.56. The Morgan fingerprint density at radius 2 is 0.959 bits per heavy atom. The Morgan fingerprint density at radius 1 is 0.571 bits per heavy atom. The van der Waals surface area contributed by atoms with Crippen molar-refractivity contribution in [3.8, 4) is 0 Å². The maximum atomic E-state index is 13.3. The SMILES string of the molecule is CC12C/C(=C/OBO/C=C3/CC4(C)C(CCC5C4CCC4(C)C5CCC4(C)O)CC3=O)C(=O)CC1CCC1C2CCC2(C)C1CCC2(C)O. The average Bonchev–Trinajstić information content (AvgIpc) is 3.44. The summed E-state index contributed by atoms with van der Waals surface area (Å²) < 4.78 is 11.8. The molecule has 0 aromatic rings. The lowest BCUT2D eigenvalue weighted by molar-refractivity contribution is -0.147. The minimum absolute atomic E-state index is 0.00204. The zero-order valence-electron chi connectivity index (χ0n) is 31.3. The Morgan fingerprint density at radius 3 is 1.37 bits per heavy atom. The van der Waals surface area contributed by atoms with Crippen molar-refractivity contribution in [2.75, 3.05) is 0 Å². The van der Waals surface area contributed by atoms with E-state index in [1.807, 2.05) is 0 Å². The lowest BCUT2D eigenvalue weighted by Gasteiger charge is -2.61. The number of rotatable bonds is 4. The van der Waals surface area contributed by atoms with Crippen molar-refractivity contribution < 1.29 is 29.1 Å². The van der Waals surface area contributed by atoms with E-state index >= 15 is 0 Å². The van der Waals surface area contributed by atoms with Gasteiger partial charge in [0.1, 0.15) is 0 Å². The molecule has 8 fully saturated rings. The second kappa shape index (κ2) is 11.5. The van der Waals surface area contributed by atoms with E-state index in [1.165, 1.54) is 12.8 Å². The van der Waals surface area contributed by atoms with E-state index in [0.29, 0.717) is 60.2 Å². The van der Waals surface area contributed by atoms with E-state index in [2.05, 4.69) is 41.5 Å². The van der Waals surface area contributed by atoms with E-state index in [0.717, 1.165) is 88.2 Å². The summed E-state index contributed by atoms with van der Waals surface area (Å²) in [7, 11) is -0.00300. The highest BCUT2D eigenvalue weighted by Crippen LogP contribution is 2.70. The molecule has 8 saturated carbocycles. The van der Waals surface area contributed by atoms with Gasteiger partial charge in [0, 0.05) is 24.0 Å². The van der Waals surface area contributed by atoms with Gasteiger partial charge in [-0.15, -0.1) is 0 Å². The molecule has 8 aliphatic carbocycles. The Kier molecular flexibility index (Phi) is 8.06. The summed E-state index contributed by atoms with van der Waals surface area (Å²) in [6, 6.07) is 0. The number of fused-ring (bicyclic) bond motifs is 10. The first-order chi connectivity index (χ1) is 23.0. The van der Waals surface area contributed by atoms with Crippen molar-refractivity contribution in [2.24, 2.45) is 69.0 Å². The van der Waals surface area contributed by atoms with Gasteiger partial charge in [0.25, 0.3) is 0 Å². The van der Waals surface area contributed by atoms with Crippen LogP contribution in [0.3, 0.4) is 0 Å². The predicted octanol–water partition coefficient (Wildman–Crippen LogP) is 8.00. The van der Waals surface area contributed by atoms with Crippen LogP contribution < -0.4 is 0 Å². The van der Waals surface area contributed by atoms with Crippen molar-refractivity contribution in [2.45, 2.75) is 155 Å². The third kappa shape index (κ3) is 4.92. The number of Topliss-reactive ketones (excluding diaryl/α,β-unsaturated/α-hetero) is 2. The van der Waals surface area contributed by atoms with Crippen LogP contribution in [0.4, 0.5) is 0 Å². The number of allylic oxidation sites excluding steroid dienone is 2. The molecule has 49 heavy (non-hydrogen) atoms. The molecule has 8 rings (SSSR count). The van der Waals surface area contributed by atoms with Crippen LogP contribution in [-0.2, 0) is 18.9 Å². The van der Waals surface area contributed by atoms with Crippen LogP contribution in [0.1, 0.15) is 144 Å². The van der Waals surface area contributed by atoms with Crippen LogP contribution in [0.25, 0.3) is 0 Å². The molecule has 0 bridgehead atoms. The van der Waals surface area contributed by atoms with Gasteiger partial charge < -0.3 is 19.5 Å². The summed E-state index contributed by atoms with van der Waals surface area (Å²) in [6.07, 6.45) is 19.1. The smallest absolute Gasteiger partial charge is 0.534 e. The molecule has 2 N–H and O–H groups in total. The Labute approximate surface area is 295 Å². The molecule has 14 unspecified atom stereocenters. The summed E-state index contributed by atoms with van der Waals surface area (Å²) in [5.41, 5.74) is 0.582. The molecule has 8 aliphatic rings. The molecular formula is C42H63BO6. The van der Waals surface area contributed by atoms with Gasteiger partial charge in [-0.2, -0.15) is 0 Å². The fraction of sp³-hybridized carbons (Fsp3) is 0.857. The molecule has 0 spiro atoms. The summed E-state index contributed by atoms with van der Waals surface area (Å²) in [4.78, 5) is 26.7. The third-order valence-electron chi connectivity index (χ3n) is 18.6. The topological polar surface area (TPSA) is 93.1 Å². The maximum Gasteiger partial charge on any atom is 0.575 e. The van der Waals surface area contributed by atoms with E-state index in [1.54, 1.807) is 12.5 Å². The third-order valence-corrected chi connectivity index (χ3v) is 18.6. The molecule has 0 saturated heterocycles. The highest BCUT2D eigenvalue weighted by atomic mass is 16.6. The fourth-order valence-electron chi connectivity index (χ4n) is 15.0. The van der Waals surface area contributed by atoms with Crippen molar-refractivity contribution >= 4 is 19.3 Å². The van der Waals surface area contributed by atoms with Gasteiger partial charge in [0.15, 0.2) is 11.6 Å². The van der Waals surface area contributed by atoms with Crippen LogP contribution in [0.5, 0.6) is 0 Å². The predicted molar refractivity (Wildman–Crippen MR) is 191 cm³/mol. The van der Waals surface area contributed by atoms with Crippen molar-refractivity contribution in [1.82, 2.24) is 0 Å². The van der Waals surface area contributed by atoms with Crippen LogP contribution in [-0.4, -0.2) is 40.7 Å². The van der Waals surface area contributed by atoms with Gasteiger partial charge in [-0.25, -0.2) is 0 Å². The minimum atomic E-state index is -0.575. The second-order valence-corrected chi connectivity index (χ2v) is 20.2. The van der Waals surface area contributed by atoms with Crippen LogP contribution in [0, 0.1) is 69.0 Å². The summed E-state index contributed by atoms with van der Waals surface area (Å²) in [5, 5.41) is 22.6. The zero-order chi connectivity index (χ0) is 34.8. The van der Waals surface area contributed by atoms with E-state index in [-0.39, 0.29) is 40.9 Å². The van der Waals surface area contributed by atoms with Gasteiger partial charge in [0.2, 0.25) is 0 Å². The summed E-state index contributed by atoms with van der Waals surface area (Å²) in [5.74, 6) is 4.82. The number of hydrogen-bond acceptors (Lipinski definition) is 6. The molecule has 0 aromatic carbocycles. The van der Waals surface area contributed by atoms with Crippen LogP contribution >= 0.6 is 0 Å². The molecule has 0 amide bonds. The minimum Gasteiger partial charge on any atom is -0.534 e. The molecule has 0 radical (unpaired) electrons. The molecule has 14 atom stereocenters. The van der Waals surface area contributed by atoms with Gasteiger partial charge in [-0.3, -0.25) is 9.59 Å². The fourth-order valence-corrected chi connectivity index (χ4v) is 15.0.